The fourth-order valence-corrected chi connectivity index (χ4v) is 3.25. The molecule has 3 aromatic heterocycles. The zero-order valence-corrected chi connectivity index (χ0v) is 15.8. The maximum absolute atomic E-state index is 14.0. The largest absolute Gasteiger partial charge is 0.432 e. The van der Waals surface area contributed by atoms with Crippen LogP contribution < -0.4 is 10.1 Å². The van der Waals surface area contributed by atoms with Gasteiger partial charge in [0.25, 0.3) is 0 Å². The number of pyridine rings is 1. The predicted octanol–water partition coefficient (Wildman–Crippen LogP) is 4.71. The van der Waals surface area contributed by atoms with Gasteiger partial charge in [0.05, 0.1) is 24.1 Å². The monoisotopic (exact) mass is 430 g/mol. The summed E-state index contributed by atoms with van der Waals surface area (Å²) in [5, 5.41) is 2.87. The lowest BCUT2D eigenvalue weighted by atomic mass is 10.3. The first-order chi connectivity index (χ1) is 15.0. The van der Waals surface area contributed by atoms with Crippen LogP contribution in [0.3, 0.4) is 0 Å². The van der Waals surface area contributed by atoms with Gasteiger partial charge >= 0.3 is 6.61 Å². The minimum Gasteiger partial charge on any atom is -0.432 e. The number of alkyl halides is 2. The maximum atomic E-state index is 14.0. The predicted molar refractivity (Wildman–Crippen MR) is 103 cm³/mol. The van der Waals surface area contributed by atoms with Crippen LogP contribution in [0.25, 0.3) is 17.0 Å². The number of aromatic nitrogens is 5. The van der Waals surface area contributed by atoms with Crippen LogP contribution in [0.1, 0.15) is 24.6 Å². The molecule has 1 aromatic carbocycles. The number of imidazole rings is 1. The SMILES string of the molecule is Fc1cnc2nc(C3CC3)n(-c3cncc(Nc4ccc(OC(F)F)c(F)c4)n3)c2c1. The molecular formula is C20H14F4N6O. The fourth-order valence-electron chi connectivity index (χ4n) is 3.25. The van der Waals surface area contributed by atoms with Crippen molar-refractivity contribution in [2.24, 2.45) is 0 Å². The molecule has 0 spiro atoms. The van der Waals surface area contributed by atoms with Crippen molar-refractivity contribution in [1.82, 2.24) is 24.5 Å². The summed E-state index contributed by atoms with van der Waals surface area (Å²) in [5.74, 6) is -0.403. The summed E-state index contributed by atoms with van der Waals surface area (Å²) >= 11 is 0. The normalized spacial score (nSPS) is 13.7. The minimum absolute atomic E-state index is 0.229. The molecule has 5 rings (SSSR count). The third kappa shape index (κ3) is 3.86. The Balaban J connectivity index is 1.50. The van der Waals surface area contributed by atoms with Crippen molar-refractivity contribution in [2.75, 3.05) is 5.32 Å². The molecular weight excluding hydrogens is 416 g/mol. The van der Waals surface area contributed by atoms with Gasteiger partial charge in [-0.15, -0.1) is 0 Å². The Morgan fingerprint density at radius 2 is 1.90 bits per heavy atom. The van der Waals surface area contributed by atoms with E-state index in [-0.39, 0.29) is 17.4 Å². The van der Waals surface area contributed by atoms with Crippen molar-refractivity contribution in [1.29, 1.82) is 0 Å². The molecule has 1 saturated carbocycles. The molecule has 1 N–H and O–H groups in total. The Hall–Kier alpha value is -3.76. The van der Waals surface area contributed by atoms with Crippen LogP contribution in [0.5, 0.6) is 5.75 Å². The highest BCUT2D eigenvalue weighted by atomic mass is 19.3. The summed E-state index contributed by atoms with van der Waals surface area (Å²) in [7, 11) is 0. The van der Waals surface area contributed by atoms with E-state index in [1.54, 1.807) is 4.57 Å². The van der Waals surface area contributed by atoms with E-state index in [0.717, 1.165) is 37.0 Å². The molecule has 0 aliphatic heterocycles. The summed E-state index contributed by atoms with van der Waals surface area (Å²) < 4.78 is 58.2. The quantitative estimate of drug-likeness (QED) is 0.447. The molecule has 0 radical (unpaired) electrons. The molecule has 0 unspecified atom stereocenters. The number of nitrogens with zero attached hydrogens (tertiary/aromatic N) is 5. The van der Waals surface area contributed by atoms with Crippen molar-refractivity contribution >= 4 is 22.7 Å². The highest BCUT2D eigenvalue weighted by molar-refractivity contribution is 5.74. The first-order valence-corrected chi connectivity index (χ1v) is 9.35. The smallest absolute Gasteiger partial charge is 0.387 e. The average Bonchev–Trinajstić information content (AvgIpc) is 3.51. The van der Waals surface area contributed by atoms with Gasteiger partial charge in [0.2, 0.25) is 0 Å². The molecule has 1 fully saturated rings. The second-order valence-electron chi connectivity index (χ2n) is 6.99. The molecule has 1 aliphatic carbocycles. The zero-order valence-electron chi connectivity index (χ0n) is 15.8. The molecule has 3 heterocycles. The summed E-state index contributed by atoms with van der Waals surface area (Å²) in [4.78, 5) is 17.2. The molecule has 7 nitrogen and oxygen atoms in total. The van der Waals surface area contributed by atoms with Gasteiger partial charge in [-0.25, -0.2) is 23.7 Å². The number of ether oxygens (including phenoxy) is 1. The van der Waals surface area contributed by atoms with Gasteiger partial charge in [-0.1, -0.05) is 0 Å². The first kappa shape index (κ1) is 19.2. The first-order valence-electron chi connectivity index (χ1n) is 9.35. The van der Waals surface area contributed by atoms with Gasteiger partial charge in [0.1, 0.15) is 11.6 Å². The molecule has 0 bridgehead atoms. The molecule has 4 aromatic rings. The molecule has 11 heteroatoms. The van der Waals surface area contributed by atoms with Crippen LogP contribution in [-0.4, -0.2) is 31.1 Å². The van der Waals surface area contributed by atoms with Crippen LogP contribution in [0.4, 0.5) is 29.1 Å². The van der Waals surface area contributed by atoms with Crippen LogP contribution in [0.15, 0.2) is 42.9 Å². The van der Waals surface area contributed by atoms with Crippen molar-refractivity contribution < 1.29 is 22.3 Å². The summed E-state index contributed by atoms with van der Waals surface area (Å²) in [6.07, 6.45) is 5.95. The van der Waals surface area contributed by atoms with Crippen molar-refractivity contribution in [3.05, 3.63) is 60.3 Å². The number of nitrogens with one attached hydrogen (secondary N) is 1. The average molecular weight is 430 g/mol. The third-order valence-electron chi connectivity index (χ3n) is 4.72. The number of rotatable bonds is 6. The van der Waals surface area contributed by atoms with Crippen molar-refractivity contribution in [3.8, 4) is 11.6 Å². The van der Waals surface area contributed by atoms with Crippen LogP contribution in [0, 0.1) is 11.6 Å². The van der Waals surface area contributed by atoms with E-state index in [0.29, 0.717) is 17.0 Å². The van der Waals surface area contributed by atoms with E-state index in [2.05, 4.69) is 30.0 Å². The second kappa shape index (κ2) is 7.49. The second-order valence-corrected chi connectivity index (χ2v) is 6.99. The molecule has 0 atom stereocenters. The lowest BCUT2D eigenvalue weighted by Gasteiger charge is -2.11. The Labute approximate surface area is 172 Å². The Morgan fingerprint density at radius 1 is 1.06 bits per heavy atom. The Kier molecular flexibility index (Phi) is 4.64. The van der Waals surface area contributed by atoms with Crippen molar-refractivity contribution in [2.45, 2.75) is 25.4 Å². The van der Waals surface area contributed by atoms with Crippen molar-refractivity contribution in [3.63, 3.8) is 0 Å². The number of hydrogen-bond donors (Lipinski definition) is 1. The molecule has 1 aliphatic rings. The molecule has 158 valence electrons. The highest BCUT2D eigenvalue weighted by Gasteiger charge is 2.31. The van der Waals surface area contributed by atoms with Gasteiger partial charge in [0.15, 0.2) is 28.8 Å². The van der Waals surface area contributed by atoms with Gasteiger partial charge < -0.3 is 10.1 Å². The standard InChI is InChI=1S/C20H14F4N6O/c21-11-5-14-18(26-7-11)29-19(10-1-2-10)30(14)17-9-25-8-16(28-17)27-12-3-4-15(13(22)6-12)31-20(23)24/h3-10,20H,1-2H2,(H,27,28). The van der Waals surface area contributed by atoms with Crippen LogP contribution in [-0.2, 0) is 0 Å². The molecule has 31 heavy (non-hydrogen) atoms. The number of anilines is 2. The lowest BCUT2D eigenvalue weighted by molar-refractivity contribution is -0.0521. The van der Waals surface area contributed by atoms with Gasteiger partial charge in [-0.3, -0.25) is 9.55 Å². The van der Waals surface area contributed by atoms with Gasteiger partial charge in [0, 0.05) is 23.7 Å². The molecule has 0 amide bonds. The highest BCUT2D eigenvalue weighted by Crippen LogP contribution is 2.41. The minimum atomic E-state index is -3.12. The third-order valence-corrected chi connectivity index (χ3v) is 4.72. The van der Waals surface area contributed by atoms with Crippen LogP contribution >= 0.6 is 0 Å². The number of fused-ring (bicyclic) bond motifs is 1. The Morgan fingerprint density at radius 3 is 2.65 bits per heavy atom. The summed E-state index contributed by atoms with van der Waals surface area (Å²) in [6, 6.07) is 4.80. The fraction of sp³-hybridized carbons (Fsp3) is 0.200. The lowest BCUT2D eigenvalue weighted by Crippen LogP contribution is -2.06. The van der Waals surface area contributed by atoms with Gasteiger partial charge in [-0.2, -0.15) is 8.78 Å². The van der Waals surface area contributed by atoms with E-state index in [1.807, 2.05) is 0 Å². The van der Waals surface area contributed by atoms with E-state index in [4.69, 9.17) is 0 Å². The summed E-state index contributed by atoms with van der Waals surface area (Å²) in [6.45, 7) is -3.12. The van der Waals surface area contributed by atoms with E-state index >= 15 is 0 Å². The van der Waals surface area contributed by atoms with Gasteiger partial charge in [-0.05, 0) is 25.0 Å². The topological polar surface area (TPSA) is 77.8 Å². The zero-order chi connectivity index (χ0) is 21.5. The maximum Gasteiger partial charge on any atom is 0.387 e. The number of halogens is 4. The van der Waals surface area contributed by atoms with Crippen LogP contribution in [0.2, 0.25) is 0 Å². The Bertz CT molecular complexity index is 1270. The number of hydrogen-bond acceptors (Lipinski definition) is 6. The number of benzene rings is 1. The van der Waals surface area contributed by atoms with E-state index < -0.39 is 24.0 Å². The molecule has 0 saturated heterocycles. The van der Waals surface area contributed by atoms with E-state index in [1.165, 1.54) is 24.5 Å². The van der Waals surface area contributed by atoms with E-state index in [9.17, 15) is 17.6 Å². The summed E-state index contributed by atoms with van der Waals surface area (Å²) in [5.41, 5.74) is 1.13.